The van der Waals surface area contributed by atoms with Gasteiger partial charge in [-0.05, 0) is 98.7 Å². The summed E-state index contributed by atoms with van der Waals surface area (Å²) in [4.78, 5) is 25.8. The summed E-state index contributed by atoms with van der Waals surface area (Å²) in [6.07, 6.45) is 6.37. The SMILES string of the molecule is COC(=O)[C@@]1(C)CC[C@]2(C(=O)O)CC[C@]3(C)C(=CCC4[C@@]5(C)CC(O)C(O)[C@@](C)(CO)C5CC[C@]43C)C2C1. The number of allylic oxidation sites excluding steroid dienone is 2. The van der Waals surface area contributed by atoms with Gasteiger partial charge in [0.15, 0.2) is 0 Å². The van der Waals surface area contributed by atoms with Crippen LogP contribution in [0, 0.1) is 50.2 Å². The first-order chi connectivity index (χ1) is 17.6. The molecule has 0 aromatic rings. The molecule has 0 amide bonds. The summed E-state index contributed by atoms with van der Waals surface area (Å²) in [6, 6.07) is 0. The molecule has 0 aromatic heterocycles. The van der Waals surface area contributed by atoms with E-state index in [0.717, 1.165) is 25.7 Å². The molecular weight excluding hydrogens is 484 g/mol. The lowest BCUT2D eigenvalue weighted by molar-refractivity contribution is -0.243. The van der Waals surface area contributed by atoms with Crippen LogP contribution in [0.15, 0.2) is 11.6 Å². The highest BCUT2D eigenvalue weighted by Crippen LogP contribution is 2.75. The van der Waals surface area contributed by atoms with Crippen LogP contribution in [0.25, 0.3) is 0 Å². The fourth-order valence-electron chi connectivity index (χ4n) is 11.0. The first-order valence-corrected chi connectivity index (χ1v) is 14.6. The van der Waals surface area contributed by atoms with E-state index in [-0.39, 0.29) is 46.6 Å². The minimum absolute atomic E-state index is 0.0778. The molecule has 7 nitrogen and oxygen atoms in total. The number of carbonyl (C=O) groups is 2. The van der Waals surface area contributed by atoms with Gasteiger partial charge >= 0.3 is 11.9 Å². The Morgan fingerprint density at radius 2 is 1.63 bits per heavy atom. The maximum Gasteiger partial charge on any atom is 0.311 e. The van der Waals surface area contributed by atoms with Crippen LogP contribution in [-0.4, -0.2) is 58.3 Å². The largest absolute Gasteiger partial charge is 0.481 e. The van der Waals surface area contributed by atoms with Crippen molar-refractivity contribution >= 4 is 11.9 Å². The minimum Gasteiger partial charge on any atom is -0.481 e. The van der Waals surface area contributed by atoms with Crippen LogP contribution in [0.1, 0.15) is 92.4 Å². The van der Waals surface area contributed by atoms with Crippen LogP contribution in [0.3, 0.4) is 0 Å². The normalized spacial score (nSPS) is 53.9. The lowest BCUT2D eigenvalue weighted by atomic mass is 9.33. The number of carbonyl (C=O) groups excluding carboxylic acids is 1. The van der Waals surface area contributed by atoms with Crippen molar-refractivity contribution in [1.29, 1.82) is 0 Å². The monoisotopic (exact) mass is 532 g/mol. The Hall–Kier alpha value is -1.44. The Balaban J connectivity index is 1.61. The number of esters is 1. The average Bonchev–Trinajstić information content (AvgIpc) is 2.87. The first-order valence-electron chi connectivity index (χ1n) is 14.6. The van der Waals surface area contributed by atoms with Gasteiger partial charge in [-0.3, -0.25) is 9.59 Å². The number of methoxy groups -OCH3 is 1. The van der Waals surface area contributed by atoms with Gasteiger partial charge in [0.25, 0.3) is 0 Å². The maximum atomic E-state index is 12.9. The number of carboxylic acids is 1. The second kappa shape index (κ2) is 8.53. The third-order valence-electron chi connectivity index (χ3n) is 13.6. The molecule has 5 aliphatic carbocycles. The molecule has 0 aromatic carbocycles. The second-order valence-electron chi connectivity index (χ2n) is 14.9. The number of aliphatic hydroxyl groups is 3. The molecule has 5 rings (SSSR count). The maximum absolute atomic E-state index is 12.9. The standard InChI is InChI=1S/C31H48O7/c1-26(25(37)38-6)11-13-31(24(35)36)14-12-29(4)18(19(31)15-26)7-8-22-27(2)16-20(33)23(34)28(3,17-32)21(27)9-10-30(22,29)5/h7,19-23,32-34H,8-17H2,1-6H3,(H,35,36)/t19?,20?,21?,22?,23?,26-,27-,28-,29+,30+,31-/m0/s1. The summed E-state index contributed by atoms with van der Waals surface area (Å²) in [5, 5.41) is 43.0. The van der Waals surface area contributed by atoms with Crippen molar-refractivity contribution in [3.05, 3.63) is 11.6 Å². The zero-order valence-electron chi connectivity index (χ0n) is 24.0. The summed E-state index contributed by atoms with van der Waals surface area (Å²) in [7, 11) is 1.41. The molecule has 0 bridgehead atoms. The Labute approximate surface area is 227 Å². The predicted molar refractivity (Wildman–Crippen MR) is 142 cm³/mol. The van der Waals surface area contributed by atoms with Crippen LogP contribution in [0.5, 0.6) is 0 Å². The summed E-state index contributed by atoms with van der Waals surface area (Å²) >= 11 is 0. The zero-order valence-corrected chi connectivity index (χ0v) is 24.0. The highest BCUT2D eigenvalue weighted by atomic mass is 16.5. The molecule has 0 aliphatic heterocycles. The highest BCUT2D eigenvalue weighted by molar-refractivity contribution is 5.80. The van der Waals surface area contributed by atoms with E-state index < -0.39 is 34.4 Å². The van der Waals surface area contributed by atoms with Crippen LogP contribution < -0.4 is 0 Å². The molecule has 7 heteroatoms. The molecule has 5 aliphatic rings. The molecule has 4 N–H and O–H groups in total. The van der Waals surface area contributed by atoms with Crippen LogP contribution >= 0.6 is 0 Å². The molecule has 4 fully saturated rings. The number of ether oxygens (including phenoxy) is 1. The molecule has 38 heavy (non-hydrogen) atoms. The van der Waals surface area contributed by atoms with Crippen LogP contribution in [-0.2, 0) is 14.3 Å². The Bertz CT molecular complexity index is 1050. The van der Waals surface area contributed by atoms with Gasteiger partial charge in [0, 0.05) is 5.41 Å². The Morgan fingerprint density at radius 1 is 0.974 bits per heavy atom. The summed E-state index contributed by atoms with van der Waals surface area (Å²) in [5.74, 6) is -0.919. The predicted octanol–water partition coefficient (Wildman–Crippen LogP) is 4.33. The Kier molecular flexibility index (Phi) is 6.31. The molecule has 11 atom stereocenters. The molecule has 0 radical (unpaired) electrons. The van der Waals surface area contributed by atoms with Gasteiger partial charge in [-0.1, -0.05) is 39.3 Å². The molecule has 5 unspecified atom stereocenters. The van der Waals surface area contributed by atoms with Crippen LogP contribution in [0.4, 0.5) is 0 Å². The minimum atomic E-state index is -0.954. The van der Waals surface area contributed by atoms with Crippen molar-refractivity contribution in [2.75, 3.05) is 13.7 Å². The van der Waals surface area contributed by atoms with Crippen molar-refractivity contribution in [3.8, 4) is 0 Å². The van der Waals surface area contributed by atoms with Gasteiger partial charge in [0.05, 0.1) is 36.8 Å². The lowest BCUT2D eigenvalue weighted by Gasteiger charge is -2.71. The molecule has 0 saturated heterocycles. The van der Waals surface area contributed by atoms with E-state index >= 15 is 0 Å². The number of hydrogen-bond donors (Lipinski definition) is 4. The number of fused-ring (bicyclic) bond motifs is 7. The summed E-state index contributed by atoms with van der Waals surface area (Å²) in [6.45, 7) is 10.6. The quantitative estimate of drug-likeness (QED) is 0.315. The molecule has 4 saturated carbocycles. The van der Waals surface area contributed by atoms with Crippen molar-refractivity contribution < 1.29 is 34.8 Å². The van der Waals surface area contributed by atoms with Crippen LogP contribution in [0.2, 0.25) is 0 Å². The lowest BCUT2D eigenvalue weighted by Crippen LogP contribution is -2.68. The smallest absolute Gasteiger partial charge is 0.311 e. The van der Waals surface area contributed by atoms with E-state index in [9.17, 15) is 30.0 Å². The third kappa shape index (κ3) is 3.24. The van der Waals surface area contributed by atoms with Crippen molar-refractivity contribution in [3.63, 3.8) is 0 Å². The summed E-state index contributed by atoms with van der Waals surface area (Å²) in [5.41, 5.74) is -1.76. The molecule has 0 spiro atoms. The number of hydrogen-bond acceptors (Lipinski definition) is 6. The van der Waals surface area contributed by atoms with Gasteiger partial charge < -0.3 is 25.2 Å². The second-order valence-corrected chi connectivity index (χ2v) is 14.9. The van der Waals surface area contributed by atoms with Crippen molar-refractivity contribution in [2.24, 2.45) is 50.2 Å². The van der Waals surface area contributed by atoms with E-state index in [0.29, 0.717) is 32.1 Å². The van der Waals surface area contributed by atoms with E-state index in [1.165, 1.54) is 12.7 Å². The van der Waals surface area contributed by atoms with Crippen molar-refractivity contribution in [2.45, 2.75) is 105 Å². The van der Waals surface area contributed by atoms with Gasteiger partial charge in [-0.25, -0.2) is 0 Å². The highest BCUT2D eigenvalue weighted by Gasteiger charge is 2.71. The first kappa shape index (κ1) is 28.1. The fraction of sp³-hybridized carbons (Fsp3) is 0.871. The zero-order chi connectivity index (χ0) is 28.1. The van der Waals surface area contributed by atoms with E-state index in [4.69, 9.17) is 4.74 Å². The average molecular weight is 533 g/mol. The van der Waals surface area contributed by atoms with Gasteiger partial charge in [-0.2, -0.15) is 0 Å². The summed E-state index contributed by atoms with van der Waals surface area (Å²) < 4.78 is 5.18. The topological polar surface area (TPSA) is 124 Å². The van der Waals surface area contributed by atoms with Crippen molar-refractivity contribution in [1.82, 2.24) is 0 Å². The number of carboxylic acid groups (broad SMARTS) is 1. The van der Waals surface area contributed by atoms with Gasteiger partial charge in [0.2, 0.25) is 0 Å². The number of aliphatic hydroxyl groups excluding tert-OH is 3. The third-order valence-corrected chi connectivity index (χ3v) is 13.6. The number of aliphatic carboxylic acids is 1. The van der Waals surface area contributed by atoms with E-state index in [1.807, 2.05) is 13.8 Å². The van der Waals surface area contributed by atoms with Gasteiger partial charge in [0.1, 0.15) is 0 Å². The molecular formula is C31H48O7. The number of rotatable bonds is 3. The molecule has 214 valence electrons. The Morgan fingerprint density at radius 3 is 2.24 bits per heavy atom. The molecule has 0 heterocycles. The fourth-order valence-corrected chi connectivity index (χ4v) is 11.0. The van der Waals surface area contributed by atoms with E-state index in [2.05, 4.69) is 26.8 Å². The van der Waals surface area contributed by atoms with Gasteiger partial charge in [-0.15, -0.1) is 0 Å². The van der Waals surface area contributed by atoms with E-state index in [1.54, 1.807) is 0 Å².